The first kappa shape index (κ1) is 16.9. The Kier molecular flexibility index (Phi) is 7.50. The molecule has 0 aromatic heterocycles. The van der Waals surface area contributed by atoms with E-state index >= 15 is 0 Å². The second kappa shape index (κ2) is 8.89. The topological polar surface area (TPSA) is 65.1 Å². The molecule has 116 valence electrons. The quantitative estimate of drug-likeness (QED) is 0.574. The second-order valence-electron chi connectivity index (χ2n) is 5.11. The lowest BCUT2D eigenvalue weighted by Gasteiger charge is -2.34. The summed E-state index contributed by atoms with van der Waals surface area (Å²) in [6.07, 6.45) is 0. The van der Waals surface area contributed by atoms with Crippen molar-refractivity contribution in [3.63, 3.8) is 0 Å². The monoisotopic (exact) mass is 286 g/mol. The molecule has 1 aliphatic rings. The molecule has 1 heterocycles. The predicted octanol–water partition coefficient (Wildman–Crippen LogP) is -1.55. The number of likely N-dealkylation sites (N-methyl/N-ethyl adjacent to an activating group) is 1. The molecule has 0 aromatic carbocycles. The van der Waals surface area contributed by atoms with E-state index in [4.69, 9.17) is 4.74 Å². The first-order valence-corrected chi connectivity index (χ1v) is 6.94. The molecule has 0 atom stereocenters. The van der Waals surface area contributed by atoms with Gasteiger partial charge >= 0.3 is 0 Å². The van der Waals surface area contributed by atoms with Crippen molar-refractivity contribution in [1.29, 1.82) is 0 Å². The van der Waals surface area contributed by atoms with Gasteiger partial charge in [0.15, 0.2) is 0 Å². The lowest BCUT2D eigenvalue weighted by atomic mass is 10.3. The Labute approximate surface area is 120 Å². The van der Waals surface area contributed by atoms with E-state index in [0.717, 1.165) is 13.1 Å². The summed E-state index contributed by atoms with van der Waals surface area (Å²) in [5.41, 5.74) is 0. The first-order valence-electron chi connectivity index (χ1n) is 6.94. The Hall–Kier alpha value is -1.18. The molecular weight excluding hydrogens is 260 g/mol. The van der Waals surface area contributed by atoms with Gasteiger partial charge in [0.25, 0.3) is 0 Å². The molecule has 2 amide bonds. The summed E-state index contributed by atoms with van der Waals surface area (Å²) in [5.74, 6) is 0.214. The zero-order valence-corrected chi connectivity index (χ0v) is 12.7. The summed E-state index contributed by atoms with van der Waals surface area (Å²) in [4.78, 5) is 29.1. The van der Waals surface area contributed by atoms with E-state index in [1.807, 2.05) is 4.90 Å². The van der Waals surface area contributed by atoms with Crippen LogP contribution in [0.2, 0.25) is 0 Å². The van der Waals surface area contributed by atoms with Crippen LogP contribution in [0.1, 0.15) is 0 Å². The van der Waals surface area contributed by atoms with Crippen LogP contribution in [0, 0.1) is 0 Å². The lowest BCUT2D eigenvalue weighted by Crippen LogP contribution is -2.52. The maximum atomic E-state index is 11.9. The van der Waals surface area contributed by atoms with Gasteiger partial charge in [-0.3, -0.25) is 14.5 Å². The van der Waals surface area contributed by atoms with E-state index in [1.54, 1.807) is 26.1 Å². The number of ether oxygens (including phenoxy) is 1. The molecule has 0 bridgehead atoms. The van der Waals surface area contributed by atoms with Gasteiger partial charge < -0.3 is 19.9 Å². The van der Waals surface area contributed by atoms with Gasteiger partial charge in [-0.05, 0) is 0 Å². The Balaban J connectivity index is 2.21. The summed E-state index contributed by atoms with van der Waals surface area (Å²) in [6, 6.07) is 0. The average molecular weight is 286 g/mol. The molecule has 0 aliphatic carbocycles. The van der Waals surface area contributed by atoms with Crippen LogP contribution in [0.3, 0.4) is 0 Å². The van der Waals surface area contributed by atoms with Crippen molar-refractivity contribution in [1.82, 2.24) is 20.0 Å². The van der Waals surface area contributed by atoms with Crippen LogP contribution >= 0.6 is 0 Å². The third-order valence-electron chi connectivity index (χ3n) is 3.34. The molecule has 0 aromatic rings. The standard InChI is InChI=1S/C13H26N4O3/c1-15(2)13(19)11-16-5-7-17(8-6-16)12(18)10-14-4-9-20-3/h14H,4-11H2,1-3H3. The molecule has 1 aliphatic heterocycles. The van der Waals surface area contributed by atoms with Gasteiger partial charge in [0.1, 0.15) is 0 Å². The zero-order valence-electron chi connectivity index (χ0n) is 12.7. The maximum Gasteiger partial charge on any atom is 0.236 e. The molecule has 1 saturated heterocycles. The first-order chi connectivity index (χ1) is 9.54. The highest BCUT2D eigenvalue weighted by molar-refractivity contribution is 5.79. The van der Waals surface area contributed by atoms with Crippen LogP contribution in [0.4, 0.5) is 0 Å². The summed E-state index contributed by atoms with van der Waals surface area (Å²) in [5, 5.41) is 3.05. The minimum absolute atomic E-state index is 0.103. The van der Waals surface area contributed by atoms with Crippen molar-refractivity contribution >= 4 is 11.8 Å². The molecule has 20 heavy (non-hydrogen) atoms. The lowest BCUT2D eigenvalue weighted by molar-refractivity contribution is -0.133. The molecule has 1 fully saturated rings. The molecule has 7 nitrogen and oxygen atoms in total. The number of amides is 2. The number of piperazine rings is 1. The zero-order chi connectivity index (χ0) is 15.0. The third-order valence-corrected chi connectivity index (χ3v) is 3.34. The van der Waals surface area contributed by atoms with Crippen LogP contribution in [-0.4, -0.2) is 100 Å². The SMILES string of the molecule is COCCNCC(=O)N1CCN(CC(=O)N(C)C)CC1. The fourth-order valence-corrected chi connectivity index (χ4v) is 1.97. The molecule has 1 rings (SSSR count). The Morgan fingerprint density at radius 1 is 1.20 bits per heavy atom. The van der Waals surface area contributed by atoms with Gasteiger partial charge in [-0.1, -0.05) is 0 Å². The van der Waals surface area contributed by atoms with E-state index in [1.165, 1.54) is 0 Å². The fraction of sp³-hybridized carbons (Fsp3) is 0.846. The third kappa shape index (κ3) is 5.85. The Morgan fingerprint density at radius 3 is 2.40 bits per heavy atom. The number of carbonyl (C=O) groups is 2. The number of hydrogen-bond acceptors (Lipinski definition) is 5. The molecule has 0 saturated carbocycles. The summed E-state index contributed by atoms with van der Waals surface area (Å²) in [6.45, 7) is 4.94. The number of hydrogen-bond donors (Lipinski definition) is 1. The van der Waals surface area contributed by atoms with Crippen LogP contribution in [0.15, 0.2) is 0 Å². The van der Waals surface area contributed by atoms with Gasteiger partial charge in [0.05, 0.1) is 19.7 Å². The van der Waals surface area contributed by atoms with Gasteiger partial charge in [0, 0.05) is 53.9 Å². The van der Waals surface area contributed by atoms with Crippen LogP contribution in [0.25, 0.3) is 0 Å². The molecular formula is C13H26N4O3. The van der Waals surface area contributed by atoms with E-state index in [-0.39, 0.29) is 11.8 Å². The van der Waals surface area contributed by atoms with Gasteiger partial charge in [0.2, 0.25) is 11.8 Å². The number of rotatable bonds is 7. The predicted molar refractivity (Wildman–Crippen MR) is 76.5 cm³/mol. The molecule has 0 unspecified atom stereocenters. The normalized spacial score (nSPS) is 16.2. The van der Waals surface area contributed by atoms with Gasteiger partial charge in [-0.2, -0.15) is 0 Å². The minimum atomic E-state index is 0.103. The fourth-order valence-electron chi connectivity index (χ4n) is 1.97. The highest BCUT2D eigenvalue weighted by Crippen LogP contribution is 2.02. The summed E-state index contributed by atoms with van der Waals surface area (Å²) >= 11 is 0. The number of carbonyl (C=O) groups excluding carboxylic acids is 2. The molecule has 0 spiro atoms. The minimum Gasteiger partial charge on any atom is -0.383 e. The van der Waals surface area contributed by atoms with E-state index in [2.05, 4.69) is 10.2 Å². The molecule has 7 heteroatoms. The van der Waals surface area contributed by atoms with Crippen LogP contribution < -0.4 is 5.32 Å². The Morgan fingerprint density at radius 2 is 1.85 bits per heavy atom. The largest absolute Gasteiger partial charge is 0.383 e. The smallest absolute Gasteiger partial charge is 0.236 e. The summed E-state index contributed by atoms with van der Waals surface area (Å²) < 4.78 is 4.91. The van der Waals surface area contributed by atoms with Crippen molar-refractivity contribution in [3.8, 4) is 0 Å². The van der Waals surface area contributed by atoms with Gasteiger partial charge in [-0.25, -0.2) is 0 Å². The number of methoxy groups -OCH3 is 1. The van der Waals surface area contributed by atoms with Crippen molar-refractivity contribution in [2.75, 3.05) is 73.6 Å². The van der Waals surface area contributed by atoms with Crippen molar-refractivity contribution in [2.45, 2.75) is 0 Å². The highest BCUT2D eigenvalue weighted by Gasteiger charge is 2.22. The summed E-state index contributed by atoms with van der Waals surface area (Å²) in [7, 11) is 5.15. The van der Waals surface area contributed by atoms with Crippen LogP contribution in [-0.2, 0) is 14.3 Å². The molecule has 1 N–H and O–H groups in total. The van der Waals surface area contributed by atoms with E-state index in [0.29, 0.717) is 39.3 Å². The van der Waals surface area contributed by atoms with Crippen molar-refractivity contribution in [3.05, 3.63) is 0 Å². The molecule has 0 radical (unpaired) electrons. The number of nitrogens with one attached hydrogen (secondary N) is 1. The Bertz CT molecular complexity index is 315. The average Bonchev–Trinajstić information content (AvgIpc) is 2.44. The van der Waals surface area contributed by atoms with Gasteiger partial charge in [-0.15, -0.1) is 0 Å². The van der Waals surface area contributed by atoms with E-state index < -0.39 is 0 Å². The van der Waals surface area contributed by atoms with Crippen molar-refractivity contribution < 1.29 is 14.3 Å². The highest BCUT2D eigenvalue weighted by atomic mass is 16.5. The van der Waals surface area contributed by atoms with E-state index in [9.17, 15) is 9.59 Å². The van der Waals surface area contributed by atoms with Crippen molar-refractivity contribution in [2.24, 2.45) is 0 Å². The van der Waals surface area contributed by atoms with Crippen LogP contribution in [0.5, 0.6) is 0 Å². The number of nitrogens with zero attached hydrogens (tertiary/aromatic N) is 3. The maximum absolute atomic E-state index is 11.9. The second-order valence-corrected chi connectivity index (χ2v) is 5.11.